The molecule has 0 aliphatic heterocycles. The van der Waals surface area contributed by atoms with Crippen LogP contribution >= 0.6 is 0 Å². The molecule has 2 aromatic rings. The van der Waals surface area contributed by atoms with Crippen LogP contribution in [-0.4, -0.2) is 22.9 Å². The Labute approximate surface area is 124 Å². The highest BCUT2D eigenvalue weighted by Crippen LogP contribution is 2.20. The molecule has 1 heterocycles. The number of hydrogen-bond acceptors (Lipinski definition) is 3. The molecule has 0 bridgehead atoms. The van der Waals surface area contributed by atoms with E-state index >= 15 is 0 Å². The average molecular weight is 291 g/mol. The van der Waals surface area contributed by atoms with Gasteiger partial charge in [-0.3, -0.25) is 4.68 Å². The standard InChI is InChI=1S/C16H22FN3O/c1-10(18)7-14-11(2)19-20(12(14)3)9-13-5-6-16(21-4)15(17)8-13/h5-6,8,10H,7,9,18H2,1-4H3. The van der Waals surface area contributed by atoms with Gasteiger partial charge in [0.25, 0.3) is 0 Å². The summed E-state index contributed by atoms with van der Waals surface area (Å²) in [7, 11) is 1.46. The molecule has 21 heavy (non-hydrogen) atoms. The van der Waals surface area contributed by atoms with Crippen molar-refractivity contribution >= 4 is 0 Å². The maximum absolute atomic E-state index is 13.7. The smallest absolute Gasteiger partial charge is 0.165 e. The SMILES string of the molecule is COc1ccc(Cn2nc(C)c(CC(C)N)c2C)cc1F. The Kier molecular flexibility index (Phi) is 4.63. The van der Waals surface area contributed by atoms with Gasteiger partial charge in [-0.05, 0) is 50.5 Å². The number of rotatable bonds is 5. The molecule has 114 valence electrons. The molecular formula is C16H22FN3O. The monoisotopic (exact) mass is 291 g/mol. The number of aryl methyl sites for hydroxylation is 1. The van der Waals surface area contributed by atoms with E-state index in [1.54, 1.807) is 6.07 Å². The van der Waals surface area contributed by atoms with E-state index in [1.165, 1.54) is 18.7 Å². The second kappa shape index (κ2) is 6.26. The van der Waals surface area contributed by atoms with Crippen molar-refractivity contribution in [3.8, 4) is 5.75 Å². The van der Waals surface area contributed by atoms with Gasteiger partial charge in [-0.2, -0.15) is 5.10 Å². The summed E-state index contributed by atoms with van der Waals surface area (Å²) >= 11 is 0. The van der Waals surface area contributed by atoms with Crippen molar-refractivity contribution in [2.45, 2.75) is 39.8 Å². The first kappa shape index (κ1) is 15.5. The second-order valence-electron chi connectivity index (χ2n) is 5.46. The first-order chi connectivity index (χ1) is 9.92. The van der Waals surface area contributed by atoms with E-state index in [-0.39, 0.29) is 17.6 Å². The van der Waals surface area contributed by atoms with E-state index in [1.807, 2.05) is 31.5 Å². The van der Waals surface area contributed by atoms with Crippen LogP contribution in [0, 0.1) is 19.7 Å². The van der Waals surface area contributed by atoms with E-state index in [0.29, 0.717) is 6.54 Å². The fourth-order valence-electron chi connectivity index (χ4n) is 2.49. The van der Waals surface area contributed by atoms with Crippen LogP contribution in [0.4, 0.5) is 4.39 Å². The quantitative estimate of drug-likeness (QED) is 0.921. The Morgan fingerprint density at radius 1 is 1.38 bits per heavy atom. The van der Waals surface area contributed by atoms with Gasteiger partial charge in [0, 0.05) is 11.7 Å². The third kappa shape index (κ3) is 3.42. The molecule has 4 nitrogen and oxygen atoms in total. The molecule has 0 aliphatic carbocycles. The predicted molar refractivity (Wildman–Crippen MR) is 81.1 cm³/mol. The van der Waals surface area contributed by atoms with Gasteiger partial charge in [0.05, 0.1) is 19.3 Å². The van der Waals surface area contributed by atoms with E-state index < -0.39 is 0 Å². The minimum Gasteiger partial charge on any atom is -0.494 e. The van der Waals surface area contributed by atoms with Crippen molar-refractivity contribution in [1.29, 1.82) is 0 Å². The third-order valence-corrected chi connectivity index (χ3v) is 3.61. The summed E-state index contributed by atoms with van der Waals surface area (Å²) in [5.74, 6) is -0.0999. The van der Waals surface area contributed by atoms with Gasteiger partial charge in [-0.1, -0.05) is 6.07 Å². The van der Waals surface area contributed by atoms with Crippen LogP contribution in [0.5, 0.6) is 5.75 Å². The molecule has 0 spiro atoms. The average Bonchev–Trinajstić information content (AvgIpc) is 2.66. The topological polar surface area (TPSA) is 53.1 Å². The summed E-state index contributed by atoms with van der Waals surface area (Å²) in [5.41, 5.74) is 9.98. The van der Waals surface area contributed by atoms with Gasteiger partial charge in [0.2, 0.25) is 0 Å². The lowest BCUT2D eigenvalue weighted by Gasteiger charge is -2.08. The molecule has 0 aliphatic rings. The number of halogens is 1. The van der Waals surface area contributed by atoms with Crippen LogP contribution in [0.3, 0.4) is 0 Å². The van der Waals surface area contributed by atoms with Crippen LogP contribution in [0.1, 0.15) is 29.4 Å². The minimum atomic E-state index is -0.354. The Morgan fingerprint density at radius 2 is 2.10 bits per heavy atom. The predicted octanol–water partition coefficient (Wildman–Crippen LogP) is 2.59. The maximum atomic E-state index is 13.7. The Hall–Kier alpha value is -1.88. The third-order valence-electron chi connectivity index (χ3n) is 3.61. The summed E-state index contributed by atoms with van der Waals surface area (Å²) in [6.07, 6.45) is 0.800. The molecule has 1 unspecified atom stereocenters. The number of ether oxygens (including phenoxy) is 1. The minimum absolute atomic E-state index is 0.0958. The zero-order valence-electron chi connectivity index (χ0n) is 13.0. The highest BCUT2D eigenvalue weighted by Gasteiger charge is 2.13. The van der Waals surface area contributed by atoms with Crippen LogP contribution in [0.2, 0.25) is 0 Å². The Morgan fingerprint density at radius 3 is 2.67 bits per heavy atom. The van der Waals surface area contributed by atoms with Gasteiger partial charge >= 0.3 is 0 Å². The largest absolute Gasteiger partial charge is 0.494 e. The summed E-state index contributed by atoms with van der Waals surface area (Å²) in [4.78, 5) is 0. The number of nitrogens with two attached hydrogens (primary N) is 1. The van der Waals surface area contributed by atoms with Crippen LogP contribution in [0.15, 0.2) is 18.2 Å². The van der Waals surface area contributed by atoms with Crippen molar-refractivity contribution in [2.75, 3.05) is 7.11 Å². The van der Waals surface area contributed by atoms with Crippen molar-refractivity contribution in [3.05, 3.63) is 46.5 Å². The van der Waals surface area contributed by atoms with Crippen LogP contribution < -0.4 is 10.5 Å². The summed E-state index contributed by atoms with van der Waals surface area (Å²) in [6.45, 7) is 6.52. The fourth-order valence-corrected chi connectivity index (χ4v) is 2.49. The molecule has 0 saturated heterocycles. The molecular weight excluding hydrogens is 269 g/mol. The van der Waals surface area contributed by atoms with Crippen molar-refractivity contribution in [2.24, 2.45) is 5.73 Å². The Bertz CT molecular complexity index is 635. The van der Waals surface area contributed by atoms with Crippen LogP contribution in [0.25, 0.3) is 0 Å². The van der Waals surface area contributed by atoms with Gasteiger partial charge in [0.1, 0.15) is 0 Å². The highest BCUT2D eigenvalue weighted by molar-refractivity contribution is 5.31. The first-order valence-electron chi connectivity index (χ1n) is 7.03. The highest BCUT2D eigenvalue weighted by atomic mass is 19.1. The molecule has 1 aromatic carbocycles. The van der Waals surface area contributed by atoms with E-state index in [9.17, 15) is 4.39 Å². The van der Waals surface area contributed by atoms with Gasteiger partial charge in [-0.15, -0.1) is 0 Å². The van der Waals surface area contributed by atoms with Crippen molar-refractivity contribution in [3.63, 3.8) is 0 Å². The molecule has 0 fully saturated rings. The van der Waals surface area contributed by atoms with Gasteiger partial charge in [0.15, 0.2) is 11.6 Å². The second-order valence-corrected chi connectivity index (χ2v) is 5.46. The normalized spacial score (nSPS) is 12.5. The molecule has 0 saturated carbocycles. The molecule has 5 heteroatoms. The summed E-state index contributed by atoms with van der Waals surface area (Å²) < 4.78 is 20.6. The van der Waals surface area contributed by atoms with Crippen molar-refractivity contribution < 1.29 is 9.13 Å². The fraction of sp³-hybridized carbons (Fsp3) is 0.438. The molecule has 1 aromatic heterocycles. The zero-order valence-corrected chi connectivity index (χ0v) is 13.0. The van der Waals surface area contributed by atoms with E-state index in [4.69, 9.17) is 10.5 Å². The molecule has 0 amide bonds. The summed E-state index contributed by atoms with van der Waals surface area (Å²) in [6, 6.07) is 5.07. The first-order valence-corrected chi connectivity index (χ1v) is 7.03. The number of benzene rings is 1. The Balaban J connectivity index is 2.26. The lowest BCUT2D eigenvalue weighted by Crippen LogP contribution is -2.18. The maximum Gasteiger partial charge on any atom is 0.165 e. The lowest BCUT2D eigenvalue weighted by molar-refractivity contribution is 0.386. The zero-order chi connectivity index (χ0) is 15.6. The van der Waals surface area contributed by atoms with Gasteiger partial charge < -0.3 is 10.5 Å². The van der Waals surface area contributed by atoms with Crippen LogP contribution in [-0.2, 0) is 13.0 Å². The lowest BCUT2D eigenvalue weighted by atomic mass is 10.1. The number of nitrogens with zero attached hydrogens (tertiary/aromatic N) is 2. The molecule has 2 N–H and O–H groups in total. The van der Waals surface area contributed by atoms with E-state index in [0.717, 1.165) is 23.4 Å². The number of aromatic nitrogens is 2. The van der Waals surface area contributed by atoms with Gasteiger partial charge in [-0.25, -0.2) is 4.39 Å². The molecule has 0 radical (unpaired) electrons. The molecule has 1 atom stereocenters. The molecule has 2 rings (SSSR count). The number of methoxy groups -OCH3 is 1. The summed E-state index contributed by atoms with van der Waals surface area (Å²) in [5, 5.41) is 4.54. The number of hydrogen-bond donors (Lipinski definition) is 1. The van der Waals surface area contributed by atoms with E-state index in [2.05, 4.69) is 5.10 Å². The van der Waals surface area contributed by atoms with Crippen molar-refractivity contribution in [1.82, 2.24) is 9.78 Å².